The summed E-state index contributed by atoms with van der Waals surface area (Å²) in [6, 6.07) is 38.4. The molecule has 0 saturated carbocycles. The van der Waals surface area contributed by atoms with Gasteiger partial charge in [0.15, 0.2) is 0 Å². The van der Waals surface area contributed by atoms with Crippen LogP contribution in [0.25, 0.3) is 23.3 Å². The molecule has 4 aromatic carbocycles. The second kappa shape index (κ2) is 9.72. The first-order valence-electron chi connectivity index (χ1n) is 11.1. The molecule has 2 atom stereocenters. The number of benzene rings is 4. The van der Waals surface area contributed by atoms with Crippen LogP contribution in [-0.2, 0) is 21.3 Å². The Kier molecular flexibility index (Phi) is 6.37. The molecule has 0 aliphatic heterocycles. The number of rotatable bonds is 3. The molecule has 0 aromatic heterocycles. The summed E-state index contributed by atoms with van der Waals surface area (Å²) in [6.07, 6.45) is 9.38. The molecule has 0 fully saturated rings. The van der Waals surface area contributed by atoms with Gasteiger partial charge in [0.2, 0.25) is 0 Å². The van der Waals surface area contributed by atoms with Crippen molar-refractivity contribution in [2.45, 2.75) is 7.25 Å². The number of hydrogen-bond donors (Lipinski definition) is 0. The molecule has 0 saturated heterocycles. The van der Waals surface area contributed by atoms with Crippen molar-refractivity contribution in [2.75, 3.05) is 0 Å². The summed E-state index contributed by atoms with van der Waals surface area (Å²) in [6.45, 7) is 0. The van der Waals surface area contributed by atoms with Crippen LogP contribution in [0.15, 0.2) is 121 Å². The van der Waals surface area contributed by atoms with Gasteiger partial charge in [0.1, 0.15) is 0 Å². The molecular formula is C31H26Zr. The van der Waals surface area contributed by atoms with Crippen LogP contribution >= 0.6 is 0 Å². The zero-order valence-corrected chi connectivity index (χ0v) is 20.5. The smallest absolute Gasteiger partial charge is 0.0184 e. The van der Waals surface area contributed by atoms with E-state index in [4.69, 9.17) is 4.21 Å². The molecule has 154 valence electrons. The molecule has 0 nitrogen and oxygen atoms in total. The minimum Gasteiger partial charge on any atom is -0.0622 e. The molecule has 0 spiro atoms. The fourth-order valence-electron chi connectivity index (χ4n) is 4.60. The third-order valence-corrected chi connectivity index (χ3v) is 12.7. The van der Waals surface area contributed by atoms with Gasteiger partial charge in [0.25, 0.3) is 0 Å². The van der Waals surface area contributed by atoms with E-state index in [0.717, 1.165) is 0 Å². The van der Waals surface area contributed by atoms with Gasteiger partial charge in [-0.2, -0.15) is 0 Å². The van der Waals surface area contributed by atoms with Crippen molar-refractivity contribution < 1.29 is 21.3 Å². The minimum atomic E-state index is -1.85. The van der Waals surface area contributed by atoms with Gasteiger partial charge >= 0.3 is 128 Å². The normalized spacial score (nSPS) is 17.2. The molecule has 32 heavy (non-hydrogen) atoms. The molecule has 0 amide bonds. The summed E-state index contributed by atoms with van der Waals surface area (Å²) in [7, 11) is 0. The molecule has 4 aromatic rings. The maximum atomic E-state index is 4.69. The average Bonchev–Trinajstić information content (AvgIpc) is 3.50. The van der Waals surface area contributed by atoms with Gasteiger partial charge in [-0.05, 0) is 11.1 Å². The van der Waals surface area contributed by atoms with Gasteiger partial charge in [-0.25, -0.2) is 0 Å². The Morgan fingerprint density at radius 2 is 0.844 bits per heavy atom. The summed E-state index contributed by atoms with van der Waals surface area (Å²) >= 11 is -1.85. The van der Waals surface area contributed by atoms with Crippen molar-refractivity contribution in [3.05, 3.63) is 144 Å². The Bertz CT molecular complexity index is 1180. The van der Waals surface area contributed by atoms with Gasteiger partial charge < -0.3 is 0 Å². The molecular weight excluding hydrogens is 464 g/mol. The molecule has 0 bridgehead atoms. The maximum absolute atomic E-state index is 4.69. The number of hydrogen-bond acceptors (Lipinski definition) is 0. The fraction of sp³-hybridized carbons (Fsp3) is 0.0645. The van der Waals surface area contributed by atoms with E-state index in [1.165, 1.54) is 33.4 Å². The van der Waals surface area contributed by atoms with E-state index in [9.17, 15) is 0 Å². The fourth-order valence-corrected chi connectivity index (χ4v) is 10.5. The average molecular weight is 490 g/mol. The van der Waals surface area contributed by atoms with Gasteiger partial charge in [-0.1, -0.05) is 60.7 Å². The van der Waals surface area contributed by atoms with Crippen molar-refractivity contribution in [1.82, 2.24) is 0 Å². The van der Waals surface area contributed by atoms with E-state index in [1.807, 2.05) is 12.1 Å². The standard InChI is InChI=1S/C12H10.2C9H7.CH2.Zr/c1-3-7-11(8-4-1)12-9-5-2-6-10-12;2*1-2-5-9-7-3-6-8(9)4-1;;/h1-10H;2*1-7H;1H2;. The van der Waals surface area contributed by atoms with Crippen molar-refractivity contribution in [2.24, 2.45) is 0 Å². The molecule has 2 unspecified atom stereocenters. The predicted molar refractivity (Wildman–Crippen MR) is 135 cm³/mol. The Balaban J connectivity index is 0.000000154. The van der Waals surface area contributed by atoms with Crippen LogP contribution in [0.5, 0.6) is 0 Å². The first-order chi connectivity index (χ1) is 15.8. The Morgan fingerprint density at radius 3 is 1.28 bits per heavy atom. The Morgan fingerprint density at radius 1 is 0.469 bits per heavy atom. The van der Waals surface area contributed by atoms with Crippen LogP contribution in [0.3, 0.4) is 0 Å². The zero-order chi connectivity index (χ0) is 21.8. The Hall–Kier alpha value is -2.89. The van der Waals surface area contributed by atoms with Gasteiger partial charge in [-0.15, -0.1) is 0 Å². The summed E-state index contributed by atoms with van der Waals surface area (Å²) in [5.74, 6) is 0. The molecule has 6 rings (SSSR count). The van der Waals surface area contributed by atoms with Crippen molar-refractivity contribution >= 4 is 16.4 Å². The van der Waals surface area contributed by atoms with Crippen molar-refractivity contribution in [3.8, 4) is 11.1 Å². The van der Waals surface area contributed by atoms with Crippen LogP contribution in [0.4, 0.5) is 0 Å². The van der Waals surface area contributed by atoms with E-state index in [2.05, 4.69) is 121 Å². The number of allylic oxidation sites excluding steroid dienone is 2. The molecule has 2 aliphatic rings. The van der Waals surface area contributed by atoms with Crippen LogP contribution in [0.2, 0.25) is 0 Å². The monoisotopic (exact) mass is 488 g/mol. The second-order valence-corrected chi connectivity index (χ2v) is 14.1. The van der Waals surface area contributed by atoms with Gasteiger partial charge in [0.05, 0.1) is 0 Å². The maximum Gasteiger partial charge on any atom is -0.0184 e. The van der Waals surface area contributed by atoms with E-state index in [0.29, 0.717) is 7.25 Å². The van der Waals surface area contributed by atoms with Crippen LogP contribution in [0, 0.1) is 0 Å². The zero-order valence-electron chi connectivity index (χ0n) is 18.1. The van der Waals surface area contributed by atoms with Gasteiger partial charge in [-0.3, -0.25) is 0 Å². The van der Waals surface area contributed by atoms with Crippen molar-refractivity contribution in [1.29, 1.82) is 0 Å². The largest absolute Gasteiger partial charge is 0.0622 e. The third kappa shape index (κ3) is 4.36. The second-order valence-electron chi connectivity index (χ2n) is 8.24. The molecule has 0 radical (unpaired) electrons. The summed E-state index contributed by atoms with van der Waals surface area (Å²) < 4.78 is 5.93. The molecule has 1 heteroatoms. The molecule has 0 heterocycles. The van der Waals surface area contributed by atoms with Gasteiger partial charge in [0, 0.05) is 0 Å². The number of fused-ring (bicyclic) bond motifs is 2. The SMILES string of the molecule is [CH2]=[Zr]([CH]1C=Cc2ccccc21)[CH]1C=Cc2ccccc21.c1ccc(-c2ccccc2)cc1. The summed E-state index contributed by atoms with van der Waals surface area (Å²) in [4.78, 5) is 0. The minimum absolute atomic E-state index is 0.620. The van der Waals surface area contributed by atoms with Crippen LogP contribution in [-0.4, -0.2) is 4.21 Å². The van der Waals surface area contributed by atoms with Crippen LogP contribution < -0.4 is 0 Å². The summed E-state index contributed by atoms with van der Waals surface area (Å²) in [5, 5.41) is 0. The Labute approximate surface area is 198 Å². The van der Waals surface area contributed by atoms with E-state index < -0.39 is 21.3 Å². The van der Waals surface area contributed by atoms with E-state index in [1.54, 1.807) is 0 Å². The quantitative estimate of drug-likeness (QED) is 0.274. The van der Waals surface area contributed by atoms with Crippen LogP contribution in [0.1, 0.15) is 29.5 Å². The predicted octanol–water partition coefficient (Wildman–Crippen LogP) is 7.93. The molecule has 0 N–H and O–H groups in total. The van der Waals surface area contributed by atoms with E-state index in [-0.39, 0.29) is 0 Å². The topological polar surface area (TPSA) is 0 Å². The first-order valence-corrected chi connectivity index (χ1v) is 15.7. The summed E-state index contributed by atoms with van der Waals surface area (Å²) in [5.41, 5.74) is 8.37. The molecule has 2 aliphatic carbocycles. The third-order valence-electron chi connectivity index (χ3n) is 6.28. The first kappa shape index (κ1) is 21.0. The van der Waals surface area contributed by atoms with E-state index >= 15 is 0 Å². The van der Waals surface area contributed by atoms with Crippen molar-refractivity contribution in [3.63, 3.8) is 0 Å².